The van der Waals surface area contributed by atoms with Crippen LogP contribution in [-0.4, -0.2) is 42.9 Å². The van der Waals surface area contributed by atoms with Gasteiger partial charge in [-0.25, -0.2) is 0 Å². The fourth-order valence-electron chi connectivity index (χ4n) is 2.36. The van der Waals surface area contributed by atoms with Crippen molar-refractivity contribution >= 4 is 23.2 Å². The Morgan fingerprint density at radius 3 is 2.62 bits per heavy atom. The second kappa shape index (κ2) is 6.55. The van der Waals surface area contributed by atoms with E-state index in [0.717, 1.165) is 10.4 Å². The van der Waals surface area contributed by atoms with E-state index >= 15 is 0 Å². The molecular weight excluding hydrogens is 294 g/mol. The lowest BCUT2D eigenvalue weighted by atomic mass is 10.1. The second-order valence-electron chi connectivity index (χ2n) is 4.92. The minimum Gasteiger partial charge on any atom is -0.464 e. The summed E-state index contributed by atoms with van der Waals surface area (Å²) in [5, 5.41) is 2.01. The van der Waals surface area contributed by atoms with Crippen LogP contribution in [-0.2, 0) is 23.8 Å². The first-order chi connectivity index (χ1) is 9.93. The third-order valence-corrected chi connectivity index (χ3v) is 4.36. The number of nitrogens with zero attached hydrogens (tertiary/aromatic N) is 1. The SMILES string of the molecule is CO[C@@H]1O[C@H](c2cc(C)cs2)[C@H](COC(C)=O)N1C(C)=O. The summed E-state index contributed by atoms with van der Waals surface area (Å²) < 4.78 is 16.2. The first-order valence-electron chi connectivity index (χ1n) is 6.59. The van der Waals surface area contributed by atoms with Crippen molar-refractivity contribution in [2.75, 3.05) is 13.7 Å². The molecule has 2 rings (SSSR count). The Bertz CT molecular complexity index is 529. The van der Waals surface area contributed by atoms with Gasteiger partial charge in [-0.1, -0.05) is 0 Å². The van der Waals surface area contributed by atoms with Crippen molar-refractivity contribution < 1.29 is 23.8 Å². The molecule has 0 bridgehead atoms. The molecule has 1 aliphatic heterocycles. The Kier molecular flexibility index (Phi) is 4.97. The van der Waals surface area contributed by atoms with Gasteiger partial charge in [0.05, 0.1) is 0 Å². The minimum absolute atomic E-state index is 0.0797. The highest BCUT2D eigenvalue weighted by atomic mass is 32.1. The summed E-state index contributed by atoms with van der Waals surface area (Å²) in [7, 11) is 1.48. The number of hydrogen-bond donors (Lipinski definition) is 0. The topological polar surface area (TPSA) is 65.1 Å². The van der Waals surface area contributed by atoms with E-state index in [9.17, 15) is 9.59 Å². The van der Waals surface area contributed by atoms with Crippen LogP contribution in [0.25, 0.3) is 0 Å². The van der Waals surface area contributed by atoms with E-state index in [-0.39, 0.29) is 24.6 Å². The van der Waals surface area contributed by atoms with Crippen molar-refractivity contribution in [3.05, 3.63) is 21.9 Å². The van der Waals surface area contributed by atoms with Crippen LogP contribution in [0.4, 0.5) is 0 Å². The zero-order valence-corrected chi connectivity index (χ0v) is 13.3. The van der Waals surface area contributed by atoms with E-state index in [1.807, 2.05) is 18.4 Å². The fraction of sp³-hybridized carbons (Fsp3) is 0.571. The number of thiophene rings is 1. The van der Waals surface area contributed by atoms with Gasteiger partial charge in [-0.3, -0.25) is 14.5 Å². The van der Waals surface area contributed by atoms with Crippen molar-refractivity contribution in [1.29, 1.82) is 0 Å². The van der Waals surface area contributed by atoms with E-state index in [2.05, 4.69) is 0 Å². The first-order valence-corrected chi connectivity index (χ1v) is 7.47. The van der Waals surface area contributed by atoms with Gasteiger partial charge in [0, 0.05) is 25.8 Å². The lowest BCUT2D eigenvalue weighted by Crippen LogP contribution is -2.44. The summed E-state index contributed by atoms with van der Waals surface area (Å²) in [4.78, 5) is 25.4. The highest BCUT2D eigenvalue weighted by molar-refractivity contribution is 7.10. The van der Waals surface area contributed by atoms with Crippen LogP contribution in [0.3, 0.4) is 0 Å². The molecule has 0 spiro atoms. The molecule has 1 aromatic heterocycles. The van der Waals surface area contributed by atoms with Crippen LogP contribution in [0.5, 0.6) is 0 Å². The molecule has 3 atom stereocenters. The molecule has 1 amide bonds. The Morgan fingerprint density at radius 2 is 2.14 bits per heavy atom. The monoisotopic (exact) mass is 313 g/mol. The van der Waals surface area contributed by atoms with Gasteiger partial charge in [-0.05, 0) is 23.9 Å². The van der Waals surface area contributed by atoms with Gasteiger partial charge in [-0.2, -0.15) is 0 Å². The largest absolute Gasteiger partial charge is 0.464 e. The molecular formula is C14H19NO5S. The molecule has 1 fully saturated rings. The third-order valence-electron chi connectivity index (χ3n) is 3.25. The molecule has 0 N–H and O–H groups in total. The number of hydrogen-bond acceptors (Lipinski definition) is 6. The van der Waals surface area contributed by atoms with Gasteiger partial charge in [0.25, 0.3) is 0 Å². The molecule has 0 aliphatic carbocycles. The van der Waals surface area contributed by atoms with E-state index < -0.39 is 12.5 Å². The summed E-state index contributed by atoms with van der Waals surface area (Å²) in [6, 6.07) is 1.61. The van der Waals surface area contributed by atoms with Crippen molar-refractivity contribution in [2.45, 2.75) is 39.3 Å². The number of ether oxygens (including phenoxy) is 3. The number of rotatable bonds is 4. The molecule has 1 aromatic rings. The fourth-order valence-corrected chi connectivity index (χ4v) is 3.36. The van der Waals surface area contributed by atoms with Crippen molar-refractivity contribution in [2.24, 2.45) is 0 Å². The maximum atomic E-state index is 11.9. The van der Waals surface area contributed by atoms with E-state index in [0.29, 0.717) is 0 Å². The average Bonchev–Trinajstić information content (AvgIpc) is 2.99. The molecule has 0 aromatic carbocycles. The van der Waals surface area contributed by atoms with Crippen LogP contribution in [0.2, 0.25) is 0 Å². The molecule has 116 valence electrons. The summed E-state index contributed by atoms with van der Waals surface area (Å²) >= 11 is 1.55. The molecule has 1 aliphatic rings. The number of amides is 1. The lowest BCUT2D eigenvalue weighted by Gasteiger charge is -2.26. The van der Waals surface area contributed by atoms with Gasteiger partial charge in [0.15, 0.2) is 0 Å². The Labute approximate surface area is 127 Å². The quantitative estimate of drug-likeness (QED) is 0.794. The number of methoxy groups -OCH3 is 1. The Balaban J connectivity index is 2.28. The zero-order chi connectivity index (χ0) is 15.6. The first kappa shape index (κ1) is 15.9. The van der Waals surface area contributed by atoms with Crippen LogP contribution < -0.4 is 0 Å². The van der Waals surface area contributed by atoms with E-state index in [1.54, 1.807) is 11.3 Å². The maximum absolute atomic E-state index is 11.9. The summed E-state index contributed by atoms with van der Waals surface area (Å²) in [6.07, 6.45) is -1.13. The van der Waals surface area contributed by atoms with Gasteiger partial charge in [0.2, 0.25) is 12.3 Å². The third kappa shape index (κ3) is 3.42. The Morgan fingerprint density at radius 1 is 1.43 bits per heavy atom. The van der Waals surface area contributed by atoms with Crippen LogP contribution >= 0.6 is 11.3 Å². The summed E-state index contributed by atoms with van der Waals surface area (Å²) in [5.74, 6) is -0.574. The summed E-state index contributed by atoms with van der Waals surface area (Å²) in [6.45, 7) is 4.85. The molecule has 7 heteroatoms. The number of carbonyl (C=O) groups is 2. The highest BCUT2D eigenvalue weighted by Gasteiger charge is 2.45. The van der Waals surface area contributed by atoms with Crippen molar-refractivity contribution in [3.63, 3.8) is 0 Å². The Hall–Kier alpha value is -1.44. The van der Waals surface area contributed by atoms with Crippen LogP contribution in [0.15, 0.2) is 11.4 Å². The van der Waals surface area contributed by atoms with Crippen LogP contribution in [0.1, 0.15) is 30.4 Å². The maximum Gasteiger partial charge on any atom is 0.302 e. The molecule has 0 saturated carbocycles. The van der Waals surface area contributed by atoms with Crippen molar-refractivity contribution in [3.8, 4) is 0 Å². The predicted molar refractivity (Wildman–Crippen MR) is 76.6 cm³/mol. The van der Waals surface area contributed by atoms with Gasteiger partial charge >= 0.3 is 5.97 Å². The molecule has 6 nitrogen and oxygen atoms in total. The van der Waals surface area contributed by atoms with Gasteiger partial charge in [0.1, 0.15) is 18.8 Å². The molecule has 0 radical (unpaired) electrons. The van der Waals surface area contributed by atoms with E-state index in [1.165, 1.54) is 25.9 Å². The zero-order valence-electron chi connectivity index (χ0n) is 12.5. The number of aryl methyl sites for hydroxylation is 1. The minimum atomic E-state index is -0.768. The summed E-state index contributed by atoms with van der Waals surface area (Å²) in [5.41, 5.74) is 1.13. The van der Waals surface area contributed by atoms with Gasteiger partial charge in [-0.15, -0.1) is 11.3 Å². The smallest absolute Gasteiger partial charge is 0.302 e. The molecule has 2 heterocycles. The molecule has 0 unspecified atom stereocenters. The van der Waals surface area contributed by atoms with Gasteiger partial charge < -0.3 is 14.2 Å². The lowest BCUT2D eigenvalue weighted by molar-refractivity contribution is -0.182. The average molecular weight is 313 g/mol. The normalized spacial score (nSPS) is 25.1. The second-order valence-corrected chi connectivity index (χ2v) is 5.86. The van der Waals surface area contributed by atoms with E-state index in [4.69, 9.17) is 14.2 Å². The standard InChI is InChI=1S/C14H19NO5S/c1-8-5-12(21-7-8)13-11(6-19-10(3)17)15(9(2)16)14(18-4)20-13/h5,7,11,13-14H,6H2,1-4H3/t11-,13-,14+/m0/s1. The number of carbonyl (C=O) groups excluding carboxylic acids is 2. The predicted octanol–water partition coefficient (Wildman–Crippen LogP) is 1.84. The number of esters is 1. The molecule has 1 saturated heterocycles. The highest BCUT2D eigenvalue weighted by Crippen LogP contribution is 2.38. The molecule has 21 heavy (non-hydrogen) atoms. The van der Waals surface area contributed by atoms with Crippen molar-refractivity contribution in [1.82, 2.24) is 4.90 Å². The van der Waals surface area contributed by atoms with Crippen LogP contribution in [0, 0.1) is 6.92 Å².